The molecule has 0 aliphatic rings. The number of benzene rings is 3. The second-order valence-electron chi connectivity index (χ2n) is 6.91. The zero-order chi connectivity index (χ0) is 23.5. The van der Waals surface area contributed by atoms with E-state index in [0.29, 0.717) is 5.75 Å². The van der Waals surface area contributed by atoms with E-state index >= 15 is 0 Å². The fraction of sp³-hybridized carbons (Fsp3) is 0.138. The Morgan fingerprint density at radius 3 is 2.03 bits per heavy atom. The molecule has 0 atom stereocenters. The fourth-order valence-corrected chi connectivity index (χ4v) is 2.89. The molecule has 3 aromatic rings. The van der Waals surface area contributed by atoms with Crippen LogP contribution in [0, 0.1) is 23.7 Å². The van der Waals surface area contributed by atoms with Crippen LogP contribution in [-0.4, -0.2) is 19.9 Å². The minimum Gasteiger partial charge on any atom is -0.497 e. The molecule has 33 heavy (non-hydrogen) atoms. The van der Waals surface area contributed by atoms with Gasteiger partial charge in [-0.1, -0.05) is 37.2 Å². The van der Waals surface area contributed by atoms with E-state index in [-0.39, 0.29) is 6.79 Å². The first-order valence-electron chi connectivity index (χ1n) is 10.4. The third kappa shape index (κ3) is 7.06. The van der Waals surface area contributed by atoms with Gasteiger partial charge in [0.1, 0.15) is 11.5 Å². The van der Waals surface area contributed by atoms with Crippen LogP contribution in [0.4, 0.5) is 0 Å². The largest absolute Gasteiger partial charge is 0.497 e. The van der Waals surface area contributed by atoms with Crippen molar-refractivity contribution >= 4 is 5.97 Å². The Morgan fingerprint density at radius 2 is 1.42 bits per heavy atom. The smallest absolute Gasteiger partial charge is 0.333 e. The minimum absolute atomic E-state index is 0.163. The molecule has 4 nitrogen and oxygen atoms in total. The zero-order valence-corrected chi connectivity index (χ0v) is 18.7. The molecular formula is C29H24O4. The molecule has 0 aromatic heterocycles. The van der Waals surface area contributed by atoms with Crippen molar-refractivity contribution < 1.29 is 19.0 Å². The highest BCUT2D eigenvalue weighted by molar-refractivity contribution is 5.81. The van der Waals surface area contributed by atoms with Crippen LogP contribution >= 0.6 is 0 Å². The number of aryl methyl sites for hydroxylation is 1. The zero-order valence-electron chi connectivity index (χ0n) is 18.7. The topological polar surface area (TPSA) is 44.8 Å². The van der Waals surface area contributed by atoms with Gasteiger partial charge in [-0.15, -0.1) is 0 Å². The molecule has 4 heteroatoms. The molecule has 0 N–H and O–H groups in total. The van der Waals surface area contributed by atoms with Crippen molar-refractivity contribution in [3.8, 4) is 35.2 Å². The summed E-state index contributed by atoms with van der Waals surface area (Å²) in [5.41, 5.74) is 4.87. The normalized spacial score (nSPS) is 9.52. The van der Waals surface area contributed by atoms with Gasteiger partial charge in [0.15, 0.2) is 0 Å². The Kier molecular flexibility index (Phi) is 8.34. The molecule has 3 rings (SSSR count). The van der Waals surface area contributed by atoms with E-state index < -0.39 is 5.97 Å². The number of hydrogen-bond acceptors (Lipinski definition) is 4. The lowest BCUT2D eigenvalue weighted by molar-refractivity contribution is -0.144. The van der Waals surface area contributed by atoms with E-state index in [2.05, 4.69) is 43.3 Å². The van der Waals surface area contributed by atoms with Gasteiger partial charge in [0.2, 0.25) is 6.79 Å². The molecule has 0 fully saturated rings. The van der Waals surface area contributed by atoms with E-state index in [9.17, 15) is 4.79 Å². The lowest BCUT2D eigenvalue weighted by atomic mass is 10.0. The SMILES string of the molecule is C=CC(=O)OCOc1ccc(C#Cc2ccc(C#Cc3ccc(OC)cc3)c(CC)c2)cc1. The van der Waals surface area contributed by atoms with E-state index in [0.717, 1.165) is 46.1 Å². The highest BCUT2D eigenvalue weighted by Gasteiger charge is 2.00. The van der Waals surface area contributed by atoms with Crippen molar-refractivity contribution in [1.82, 2.24) is 0 Å². The Labute approximate surface area is 194 Å². The van der Waals surface area contributed by atoms with Crippen molar-refractivity contribution in [2.75, 3.05) is 13.9 Å². The lowest BCUT2D eigenvalue weighted by Gasteiger charge is -2.05. The molecule has 0 radical (unpaired) electrons. The van der Waals surface area contributed by atoms with Crippen LogP contribution in [0.3, 0.4) is 0 Å². The number of esters is 1. The molecule has 0 amide bonds. The lowest BCUT2D eigenvalue weighted by Crippen LogP contribution is -2.07. The molecule has 0 spiro atoms. The molecular weight excluding hydrogens is 412 g/mol. The summed E-state index contributed by atoms with van der Waals surface area (Å²) in [6, 6.07) is 21.0. The second-order valence-corrected chi connectivity index (χ2v) is 6.91. The quantitative estimate of drug-likeness (QED) is 0.233. The molecule has 0 aliphatic heterocycles. The van der Waals surface area contributed by atoms with Gasteiger partial charge in [0.05, 0.1) is 7.11 Å². The number of methoxy groups -OCH3 is 1. The van der Waals surface area contributed by atoms with Crippen molar-refractivity contribution in [3.63, 3.8) is 0 Å². The average Bonchev–Trinajstić information content (AvgIpc) is 2.87. The maximum atomic E-state index is 11.0. The van der Waals surface area contributed by atoms with E-state index in [1.165, 1.54) is 0 Å². The Bertz CT molecular complexity index is 1230. The summed E-state index contributed by atoms with van der Waals surface area (Å²) in [6.45, 7) is 5.27. The molecule has 164 valence electrons. The summed E-state index contributed by atoms with van der Waals surface area (Å²) in [7, 11) is 1.65. The van der Waals surface area contributed by atoms with Gasteiger partial charge in [-0.25, -0.2) is 4.79 Å². The van der Waals surface area contributed by atoms with E-state index in [4.69, 9.17) is 14.2 Å². The number of carbonyl (C=O) groups excluding carboxylic acids is 1. The summed E-state index contributed by atoms with van der Waals surface area (Å²) < 4.78 is 15.3. The number of hydrogen-bond donors (Lipinski definition) is 0. The van der Waals surface area contributed by atoms with Gasteiger partial charge in [-0.2, -0.15) is 0 Å². The third-order valence-electron chi connectivity index (χ3n) is 4.72. The van der Waals surface area contributed by atoms with Crippen molar-refractivity contribution in [3.05, 3.63) is 107 Å². The van der Waals surface area contributed by atoms with Crippen molar-refractivity contribution in [2.45, 2.75) is 13.3 Å². The number of carbonyl (C=O) groups is 1. The van der Waals surface area contributed by atoms with Gasteiger partial charge < -0.3 is 14.2 Å². The van der Waals surface area contributed by atoms with Gasteiger partial charge in [-0.3, -0.25) is 0 Å². The van der Waals surface area contributed by atoms with Crippen LogP contribution in [0.5, 0.6) is 11.5 Å². The molecule has 0 heterocycles. The molecule has 0 bridgehead atoms. The maximum Gasteiger partial charge on any atom is 0.333 e. The van der Waals surface area contributed by atoms with Gasteiger partial charge in [-0.05, 0) is 78.7 Å². The molecule has 0 saturated carbocycles. The number of ether oxygens (including phenoxy) is 3. The number of rotatable bonds is 6. The van der Waals surface area contributed by atoms with Crippen LogP contribution in [0.15, 0.2) is 79.4 Å². The van der Waals surface area contributed by atoms with Crippen molar-refractivity contribution in [2.24, 2.45) is 0 Å². The second kappa shape index (κ2) is 11.8. The molecule has 3 aromatic carbocycles. The first-order chi connectivity index (χ1) is 16.1. The summed E-state index contributed by atoms with van der Waals surface area (Å²) in [5.74, 6) is 13.7. The molecule has 0 aliphatic carbocycles. The molecule has 0 saturated heterocycles. The first-order valence-corrected chi connectivity index (χ1v) is 10.4. The Morgan fingerprint density at radius 1 is 0.848 bits per heavy atom. The van der Waals surface area contributed by atoms with Gasteiger partial charge in [0.25, 0.3) is 0 Å². The fourth-order valence-electron chi connectivity index (χ4n) is 2.89. The monoisotopic (exact) mass is 436 g/mol. The third-order valence-corrected chi connectivity index (χ3v) is 4.72. The standard InChI is InChI=1S/C29H24O4/c1-4-25-20-24(9-15-26(25)14-8-23-10-16-27(31-3)17-11-23)7-6-22-12-18-28(19-13-22)32-21-33-29(30)5-2/h5,9-13,15-20H,2,4,21H2,1,3H3. The van der Waals surface area contributed by atoms with Crippen LogP contribution < -0.4 is 9.47 Å². The predicted octanol–water partition coefficient (Wildman–Crippen LogP) is 5.12. The van der Waals surface area contributed by atoms with Gasteiger partial charge in [0, 0.05) is 28.3 Å². The van der Waals surface area contributed by atoms with E-state index in [1.807, 2.05) is 48.5 Å². The summed E-state index contributed by atoms with van der Waals surface area (Å²) in [5, 5.41) is 0. The van der Waals surface area contributed by atoms with Gasteiger partial charge >= 0.3 is 5.97 Å². The van der Waals surface area contributed by atoms with Crippen LogP contribution in [0.1, 0.15) is 34.7 Å². The molecule has 0 unspecified atom stereocenters. The van der Waals surface area contributed by atoms with Crippen molar-refractivity contribution in [1.29, 1.82) is 0 Å². The first kappa shape index (κ1) is 23.3. The maximum absolute atomic E-state index is 11.0. The Hall–Kier alpha value is -4.41. The minimum atomic E-state index is -0.526. The summed E-state index contributed by atoms with van der Waals surface area (Å²) in [4.78, 5) is 11.0. The average molecular weight is 437 g/mol. The summed E-state index contributed by atoms with van der Waals surface area (Å²) >= 11 is 0. The van der Waals surface area contributed by atoms with Crippen LogP contribution in [0.25, 0.3) is 0 Å². The van der Waals surface area contributed by atoms with Crippen LogP contribution in [-0.2, 0) is 16.0 Å². The summed E-state index contributed by atoms with van der Waals surface area (Å²) in [6.07, 6.45) is 1.96. The predicted molar refractivity (Wildman–Crippen MR) is 129 cm³/mol. The highest BCUT2D eigenvalue weighted by atomic mass is 16.7. The highest BCUT2D eigenvalue weighted by Crippen LogP contribution is 2.15. The van der Waals surface area contributed by atoms with E-state index in [1.54, 1.807) is 19.2 Å². The van der Waals surface area contributed by atoms with Crippen LogP contribution in [0.2, 0.25) is 0 Å². The Balaban J connectivity index is 1.67.